The Kier molecular flexibility index (Phi) is 4.31. The zero-order valence-corrected chi connectivity index (χ0v) is 11.0. The Morgan fingerprint density at radius 3 is 2.65 bits per heavy atom. The van der Waals surface area contributed by atoms with Gasteiger partial charge in [0.25, 0.3) is 5.69 Å². The van der Waals surface area contributed by atoms with Gasteiger partial charge in [0.2, 0.25) is 0 Å². The van der Waals surface area contributed by atoms with Crippen molar-refractivity contribution in [2.24, 2.45) is 0 Å². The number of nitro benzene ring substituents is 1. The van der Waals surface area contributed by atoms with Crippen LogP contribution >= 0.6 is 11.8 Å². The summed E-state index contributed by atoms with van der Waals surface area (Å²) in [6.45, 7) is 0.502. The molecule has 0 bridgehead atoms. The van der Waals surface area contributed by atoms with Crippen LogP contribution in [0.5, 0.6) is 0 Å². The van der Waals surface area contributed by atoms with E-state index >= 15 is 0 Å². The topological polar surface area (TPSA) is 111 Å². The summed E-state index contributed by atoms with van der Waals surface area (Å²) in [6.07, 6.45) is 1.36. The van der Waals surface area contributed by atoms with Gasteiger partial charge in [0.05, 0.1) is 17.7 Å². The van der Waals surface area contributed by atoms with Crippen LogP contribution in [0.3, 0.4) is 0 Å². The van der Waals surface area contributed by atoms with Gasteiger partial charge in [-0.25, -0.2) is 4.79 Å². The molecule has 2 rings (SSSR count). The number of nitrogens with zero attached hydrogens (tertiary/aromatic N) is 4. The zero-order valence-electron chi connectivity index (χ0n) is 10.2. The van der Waals surface area contributed by atoms with Crippen LogP contribution in [-0.2, 0) is 6.54 Å². The number of benzene rings is 1. The fourth-order valence-electron chi connectivity index (χ4n) is 1.43. The SMILES string of the molecule is O=C(O)c1cn(CCSc2ccc([N+](=O)[O-])cc2)nn1. The minimum absolute atomic E-state index is 0.0525. The first-order valence-electron chi connectivity index (χ1n) is 5.57. The molecule has 1 heterocycles. The van der Waals surface area contributed by atoms with Gasteiger partial charge < -0.3 is 5.11 Å². The first-order valence-corrected chi connectivity index (χ1v) is 6.55. The molecule has 0 radical (unpaired) electrons. The van der Waals surface area contributed by atoms with Gasteiger partial charge in [-0.3, -0.25) is 14.8 Å². The molecule has 0 unspecified atom stereocenters. The number of rotatable bonds is 6. The van der Waals surface area contributed by atoms with Crippen molar-refractivity contribution >= 4 is 23.4 Å². The van der Waals surface area contributed by atoms with Crippen molar-refractivity contribution in [1.82, 2.24) is 15.0 Å². The monoisotopic (exact) mass is 294 g/mol. The summed E-state index contributed by atoms with van der Waals surface area (Å²) >= 11 is 1.49. The van der Waals surface area contributed by atoms with Gasteiger partial charge in [-0.15, -0.1) is 16.9 Å². The van der Waals surface area contributed by atoms with E-state index in [1.807, 2.05) is 0 Å². The van der Waals surface area contributed by atoms with E-state index in [1.165, 1.54) is 34.8 Å². The van der Waals surface area contributed by atoms with Crippen LogP contribution in [0.15, 0.2) is 35.4 Å². The standard InChI is InChI=1S/C11H10N4O4S/c16-11(17)10-7-14(13-12-10)5-6-20-9-3-1-8(2-4-9)15(18)19/h1-4,7H,5-6H2,(H,16,17). The summed E-state index contributed by atoms with van der Waals surface area (Å²) in [5.41, 5.74) is -0.0398. The first-order chi connectivity index (χ1) is 9.56. The van der Waals surface area contributed by atoms with E-state index in [0.29, 0.717) is 12.3 Å². The molecule has 0 aliphatic carbocycles. The second-order valence-corrected chi connectivity index (χ2v) is 4.94. The Balaban J connectivity index is 1.85. The van der Waals surface area contributed by atoms with Gasteiger partial charge in [0, 0.05) is 22.8 Å². The van der Waals surface area contributed by atoms with E-state index in [1.54, 1.807) is 12.1 Å². The maximum atomic E-state index is 10.6. The van der Waals surface area contributed by atoms with Crippen molar-refractivity contribution in [3.8, 4) is 0 Å². The number of carbonyl (C=O) groups is 1. The molecule has 0 amide bonds. The van der Waals surface area contributed by atoms with Crippen molar-refractivity contribution < 1.29 is 14.8 Å². The van der Waals surface area contributed by atoms with Crippen LogP contribution < -0.4 is 0 Å². The van der Waals surface area contributed by atoms with Crippen LogP contribution in [0.2, 0.25) is 0 Å². The Labute approximate surface area is 117 Å². The zero-order chi connectivity index (χ0) is 14.5. The summed E-state index contributed by atoms with van der Waals surface area (Å²) in [5.74, 6) is -0.459. The Morgan fingerprint density at radius 1 is 1.40 bits per heavy atom. The van der Waals surface area contributed by atoms with E-state index in [-0.39, 0.29) is 11.4 Å². The predicted molar refractivity (Wildman–Crippen MR) is 70.8 cm³/mol. The van der Waals surface area contributed by atoms with Crippen LogP contribution in [0, 0.1) is 10.1 Å². The number of nitro groups is 1. The summed E-state index contributed by atoms with van der Waals surface area (Å²) < 4.78 is 1.45. The average molecular weight is 294 g/mol. The molecule has 0 atom stereocenters. The number of aromatic carboxylic acids is 1. The van der Waals surface area contributed by atoms with E-state index in [0.717, 1.165) is 4.90 Å². The number of aromatic nitrogens is 3. The summed E-state index contributed by atoms with van der Waals surface area (Å²) in [5, 5.41) is 26.4. The highest BCUT2D eigenvalue weighted by molar-refractivity contribution is 7.99. The molecule has 20 heavy (non-hydrogen) atoms. The molecule has 0 spiro atoms. The van der Waals surface area contributed by atoms with Crippen LogP contribution in [0.1, 0.15) is 10.5 Å². The molecule has 104 valence electrons. The minimum atomic E-state index is -1.11. The number of carboxylic acid groups (broad SMARTS) is 1. The average Bonchev–Trinajstić information content (AvgIpc) is 2.88. The molecule has 1 aromatic heterocycles. The summed E-state index contributed by atoms with van der Waals surface area (Å²) in [4.78, 5) is 21.6. The van der Waals surface area contributed by atoms with Gasteiger partial charge >= 0.3 is 5.97 Å². The van der Waals surface area contributed by atoms with E-state index in [4.69, 9.17) is 5.11 Å². The molecule has 2 aromatic rings. The van der Waals surface area contributed by atoms with Crippen LogP contribution in [-0.4, -0.2) is 36.7 Å². The molecular formula is C11H10N4O4S. The normalized spacial score (nSPS) is 10.4. The lowest BCUT2D eigenvalue weighted by atomic mass is 10.3. The van der Waals surface area contributed by atoms with E-state index < -0.39 is 10.9 Å². The van der Waals surface area contributed by atoms with Crippen molar-refractivity contribution in [3.05, 3.63) is 46.3 Å². The first kappa shape index (κ1) is 14.0. The number of aryl methyl sites for hydroxylation is 1. The molecule has 0 saturated heterocycles. The largest absolute Gasteiger partial charge is 0.476 e. The smallest absolute Gasteiger partial charge is 0.358 e. The molecule has 0 aliphatic rings. The minimum Gasteiger partial charge on any atom is -0.476 e. The number of hydrogen-bond donors (Lipinski definition) is 1. The highest BCUT2D eigenvalue weighted by Gasteiger charge is 2.08. The molecule has 0 saturated carbocycles. The Hall–Kier alpha value is -2.42. The highest BCUT2D eigenvalue weighted by Crippen LogP contribution is 2.21. The Morgan fingerprint density at radius 2 is 2.10 bits per heavy atom. The fourth-order valence-corrected chi connectivity index (χ4v) is 2.27. The van der Waals surface area contributed by atoms with Crippen LogP contribution in [0.25, 0.3) is 0 Å². The van der Waals surface area contributed by atoms with Gasteiger partial charge in [-0.1, -0.05) is 5.21 Å². The third-order valence-electron chi connectivity index (χ3n) is 2.39. The fraction of sp³-hybridized carbons (Fsp3) is 0.182. The maximum Gasteiger partial charge on any atom is 0.358 e. The van der Waals surface area contributed by atoms with Crippen molar-refractivity contribution in [2.75, 3.05) is 5.75 Å². The molecule has 8 nitrogen and oxygen atoms in total. The molecular weight excluding hydrogens is 284 g/mol. The predicted octanol–water partition coefficient (Wildman–Crippen LogP) is 1.68. The lowest BCUT2D eigenvalue weighted by molar-refractivity contribution is -0.384. The third kappa shape index (κ3) is 3.54. The molecule has 1 N–H and O–H groups in total. The van der Waals surface area contributed by atoms with Crippen molar-refractivity contribution in [1.29, 1.82) is 0 Å². The number of carboxylic acids is 1. The van der Waals surface area contributed by atoms with Crippen molar-refractivity contribution in [2.45, 2.75) is 11.4 Å². The quantitative estimate of drug-likeness (QED) is 0.490. The van der Waals surface area contributed by atoms with Gasteiger partial charge in [0.1, 0.15) is 0 Å². The van der Waals surface area contributed by atoms with Crippen molar-refractivity contribution in [3.63, 3.8) is 0 Å². The number of non-ortho nitro benzene ring substituents is 1. The van der Waals surface area contributed by atoms with E-state index in [2.05, 4.69) is 10.3 Å². The number of hydrogen-bond acceptors (Lipinski definition) is 6. The maximum absolute atomic E-state index is 10.6. The lowest BCUT2D eigenvalue weighted by Crippen LogP contribution is -2.01. The highest BCUT2D eigenvalue weighted by atomic mass is 32.2. The van der Waals surface area contributed by atoms with Gasteiger partial charge in [0.15, 0.2) is 5.69 Å². The third-order valence-corrected chi connectivity index (χ3v) is 3.39. The molecule has 0 fully saturated rings. The van der Waals surface area contributed by atoms with Crippen LogP contribution in [0.4, 0.5) is 5.69 Å². The molecule has 0 aliphatic heterocycles. The second kappa shape index (κ2) is 6.15. The lowest BCUT2D eigenvalue weighted by Gasteiger charge is -2.01. The molecule has 9 heteroatoms. The van der Waals surface area contributed by atoms with Gasteiger partial charge in [-0.2, -0.15) is 0 Å². The second-order valence-electron chi connectivity index (χ2n) is 3.77. The molecule has 1 aromatic carbocycles. The Bertz CT molecular complexity index is 626. The number of thioether (sulfide) groups is 1. The summed E-state index contributed by atoms with van der Waals surface area (Å²) in [7, 11) is 0. The van der Waals surface area contributed by atoms with Gasteiger partial charge in [-0.05, 0) is 12.1 Å². The summed E-state index contributed by atoms with van der Waals surface area (Å²) in [6, 6.07) is 6.24. The van der Waals surface area contributed by atoms with E-state index in [9.17, 15) is 14.9 Å².